The van der Waals surface area contributed by atoms with E-state index >= 15 is 0 Å². The second kappa shape index (κ2) is 4.35. The van der Waals surface area contributed by atoms with Crippen LogP contribution in [0.15, 0.2) is 9.19 Å². The summed E-state index contributed by atoms with van der Waals surface area (Å²) in [4.78, 5) is 11.0. The summed E-state index contributed by atoms with van der Waals surface area (Å²) in [5.74, 6) is -0.719. The quantitative estimate of drug-likeness (QED) is 0.899. The Hall–Kier alpha value is -0.840. The van der Waals surface area contributed by atoms with Crippen LogP contribution in [0.3, 0.4) is 0 Å². The molecular formula is C10H12BrNO3. The normalized spacial score (nSPS) is 17.9. The summed E-state index contributed by atoms with van der Waals surface area (Å²) >= 11 is 3.07. The summed E-state index contributed by atoms with van der Waals surface area (Å²) in [7, 11) is 0. The summed E-state index contributed by atoms with van der Waals surface area (Å²) < 4.78 is 5.13. The van der Waals surface area contributed by atoms with Crippen molar-refractivity contribution in [2.45, 2.75) is 38.0 Å². The van der Waals surface area contributed by atoms with E-state index in [-0.39, 0.29) is 16.2 Å². The molecule has 1 heterocycles. The molecule has 0 bridgehead atoms. The van der Waals surface area contributed by atoms with Gasteiger partial charge in [0.25, 0.3) is 0 Å². The Morgan fingerprint density at radius 3 is 2.67 bits per heavy atom. The Morgan fingerprint density at radius 2 is 2.07 bits per heavy atom. The van der Waals surface area contributed by atoms with E-state index in [2.05, 4.69) is 21.1 Å². The van der Waals surface area contributed by atoms with Crippen LogP contribution in [0.4, 0.5) is 0 Å². The number of nitrogens with zero attached hydrogens (tertiary/aromatic N) is 1. The summed E-state index contributed by atoms with van der Waals surface area (Å²) in [5.41, 5.74) is 0.802. The highest BCUT2D eigenvalue weighted by molar-refractivity contribution is 9.10. The van der Waals surface area contributed by atoms with Crippen molar-refractivity contribution in [1.29, 1.82) is 0 Å². The highest BCUT2D eigenvalue weighted by Gasteiger charge is 2.27. The zero-order valence-electron chi connectivity index (χ0n) is 8.20. The van der Waals surface area contributed by atoms with E-state index in [1.54, 1.807) is 0 Å². The third kappa shape index (κ3) is 2.07. The van der Waals surface area contributed by atoms with Crippen molar-refractivity contribution in [1.82, 2.24) is 5.16 Å². The van der Waals surface area contributed by atoms with Gasteiger partial charge in [0.2, 0.25) is 4.67 Å². The molecule has 1 aliphatic carbocycles. The van der Waals surface area contributed by atoms with Gasteiger partial charge in [-0.05, 0) is 28.8 Å². The molecule has 1 aromatic rings. The minimum absolute atomic E-state index is 0.196. The van der Waals surface area contributed by atoms with Crippen molar-refractivity contribution in [3.63, 3.8) is 0 Å². The minimum atomic E-state index is -0.969. The van der Waals surface area contributed by atoms with Crippen molar-refractivity contribution in [3.8, 4) is 0 Å². The third-order valence-electron chi connectivity index (χ3n) is 2.88. The fraction of sp³-hybridized carbons (Fsp3) is 0.600. The highest BCUT2D eigenvalue weighted by atomic mass is 79.9. The monoisotopic (exact) mass is 273 g/mol. The van der Waals surface area contributed by atoms with Crippen molar-refractivity contribution >= 4 is 21.9 Å². The average molecular weight is 274 g/mol. The lowest BCUT2D eigenvalue weighted by Crippen LogP contribution is -2.10. The number of carbonyl (C=O) groups is 1. The lowest BCUT2D eigenvalue weighted by Gasteiger charge is -2.19. The summed E-state index contributed by atoms with van der Waals surface area (Å²) in [6.45, 7) is 0. The van der Waals surface area contributed by atoms with Gasteiger partial charge in [0.15, 0.2) is 0 Å². The van der Waals surface area contributed by atoms with E-state index in [4.69, 9.17) is 9.63 Å². The number of carboxylic acid groups (broad SMARTS) is 1. The first-order valence-electron chi connectivity index (χ1n) is 5.08. The molecule has 0 unspecified atom stereocenters. The van der Waals surface area contributed by atoms with Crippen LogP contribution in [0.1, 0.15) is 54.1 Å². The van der Waals surface area contributed by atoms with Gasteiger partial charge in [0, 0.05) is 5.92 Å². The van der Waals surface area contributed by atoms with Crippen LogP contribution in [0.5, 0.6) is 0 Å². The van der Waals surface area contributed by atoms with Crippen LogP contribution in [0.25, 0.3) is 0 Å². The van der Waals surface area contributed by atoms with Crippen LogP contribution in [-0.4, -0.2) is 16.2 Å². The Balaban J connectivity index is 2.30. The molecule has 0 radical (unpaired) electrons. The molecule has 1 N–H and O–H groups in total. The second-order valence-electron chi connectivity index (χ2n) is 3.86. The lowest BCUT2D eigenvalue weighted by atomic mass is 9.85. The molecule has 0 saturated heterocycles. The second-order valence-corrected chi connectivity index (χ2v) is 4.58. The molecule has 0 aliphatic heterocycles. The van der Waals surface area contributed by atoms with Gasteiger partial charge in [-0.15, -0.1) is 0 Å². The van der Waals surface area contributed by atoms with Gasteiger partial charge >= 0.3 is 5.97 Å². The van der Waals surface area contributed by atoms with Crippen LogP contribution in [-0.2, 0) is 0 Å². The molecule has 0 amide bonds. The third-order valence-corrected chi connectivity index (χ3v) is 3.42. The van der Waals surface area contributed by atoms with Crippen LogP contribution < -0.4 is 0 Å². The zero-order valence-corrected chi connectivity index (χ0v) is 9.79. The minimum Gasteiger partial charge on any atom is -0.477 e. The fourth-order valence-corrected chi connectivity index (χ4v) is 2.57. The zero-order chi connectivity index (χ0) is 10.8. The molecule has 1 saturated carbocycles. The molecule has 0 spiro atoms. The Bertz CT molecular complexity index is 369. The first-order valence-corrected chi connectivity index (χ1v) is 5.88. The molecule has 5 heteroatoms. The van der Waals surface area contributed by atoms with Crippen LogP contribution in [0.2, 0.25) is 0 Å². The van der Waals surface area contributed by atoms with Crippen LogP contribution >= 0.6 is 15.9 Å². The fourth-order valence-electron chi connectivity index (χ4n) is 2.13. The van der Waals surface area contributed by atoms with E-state index in [0.29, 0.717) is 5.69 Å². The first kappa shape index (κ1) is 10.7. The Kier molecular flexibility index (Phi) is 3.09. The predicted octanol–water partition coefficient (Wildman–Crippen LogP) is 3.18. The molecular weight excluding hydrogens is 262 g/mol. The molecule has 0 atom stereocenters. The molecule has 1 fully saturated rings. The summed E-state index contributed by atoms with van der Waals surface area (Å²) in [6.07, 6.45) is 5.55. The van der Waals surface area contributed by atoms with Gasteiger partial charge in [0.1, 0.15) is 11.3 Å². The molecule has 0 aromatic carbocycles. The number of rotatable bonds is 2. The maximum atomic E-state index is 11.0. The summed E-state index contributed by atoms with van der Waals surface area (Å²) in [5, 5.41) is 12.9. The molecule has 4 nitrogen and oxygen atoms in total. The largest absolute Gasteiger partial charge is 0.477 e. The number of halogens is 1. The molecule has 82 valence electrons. The first-order chi connectivity index (χ1) is 7.20. The van der Waals surface area contributed by atoms with E-state index in [0.717, 1.165) is 25.7 Å². The molecule has 2 rings (SSSR count). The number of hydrogen-bond acceptors (Lipinski definition) is 3. The molecule has 1 aliphatic rings. The number of hydrogen-bond donors (Lipinski definition) is 1. The van der Waals surface area contributed by atoms with Gasteiger partial charge in [-0.1, -0.05) is 24.4 Å². The Morgan fingerprint density at radius 1 is 1.40 bits per heavy atom. The van der Waals surface area contributed by atoms with E-state index in [1.165, 1.54) is 6.42 Å². The van der Waals surface area contributed by atoms with Gasteiger partial charge in [-0.2, -0.15) is 0 Å². The molecule has 1 aromatic heterocycles. The number of aromatic carboxylic acids is 1. The van der Waals surface area contributed by atoms with E-state index in [9.17, 15) is 4.79 Å². The van der Waals surface area contributed by atoms with Gasteiger partial charge in [-0.3, -0.25) is 0 Å². The number of carboxylic acids is 1. The average Bonchev–Trinajstić information content (AvgIpc) is 2.61. The van der Waals surface area contributed by atoms with Crippen molar-refractivity contribution in [2.75, 3.05) is 0 Å². The summed E-state index contributed by atoms with van der Waals surface area (Å²) in [6, 6.07) is 0. The maximum absolute atomic E-state index is 11.0. The predicted molar refractivity (Wildman–Crippen MR) is 57.0 cm³/mol. The SMILES string of the molecule is O=C(O)c1c(C2CCCCC2)noc1Br. The smallest absolute Gasteiger partial charge is 0.342 e. The van der Waals surface area contributed by atoms with Gasteiger partial charge in [-0.25, -0.2) is 4.79 Å². The van der Waals surface area contributed by atoms with E-state index in [1.807, 2.05) is 0 Å². The van der Waals surface area contributed by atoms with Crippen molar-refractivity contribution in [2.24, 2.45) is 0 Å². The maximum Gasteiger partial charge on any atom is 0.342 e. The highest BCUT2D eigenvalue weighted by Crippen LogP contribution is 2.35. The topological polar surface area (TPSA) is 63.3 Å². The lowest BCUT2D eigenvalue weighted by molar-refractivity contribution is 0.0693. The van der Waals surface area contributed by atoms with Crippen molar-refractivity contribution < 1.29 is 14.4 Å². The van der Waals surface area contributed by atoms with Gasteiger partial charge < -0.3 is 9.63 Å². The molecule has 15 heavy (non-hydrogen) atoms. The van der Waals surface area contributed by atoms with E-state index < -0.39 is 5.97 Å². The number of aromatic nitrogens is 1. The van der Waals surface area contributed by atoms with Crippen LogP contribution in [0, 0.1) is 0 Å². The van der Waals surface area contributed by atoms with Crippen molar-refractivity contribution in [3.05, 3.63) is 15.9 Å². The Labute approximate surface area is 95.8 Å². The standard InChI is InChI=1S/C10H12BrNO3/c11-9-7(10(13)14)8(12-15-9)6-4-2-1-3-5-6/h6H,1-5H2,(H,13,14). The van der Waals surface area contributed by atoms with Gasteiger partial charge in [0.05, 0.1) is 0 Å².